The second-order valence-electron chi connectivity index (χ2n) is 5.81. The van der Waals surface area contributed by atoms with Crippen molar-refractivity contribution in [2.75, 3.05) is 5.32 Å². The molecule has 134 valence electrons. The summed E-state index contributed by atoms with van der Waals surface area (Å²) in [5.74, 6) is 0. The molecule has 0 saturated heterocycles. The van der Waals surface area contributed by atoms with Crippen LogP contribution in [0.4, 0.5) is 11.4 Å². The average molecular weight is 353 g/mol. The quantitative estimate of drug-likeness (QED) is 0.520. The Morgan fingerprint density at radius 3 is 2.69 bits per heavy atom. The van der Waals surface area contributed by atoms with Gasteiger partial charge in [0.05, 0.1) is 21.7 Å². The van der Waals surface area contributed by atoms with E-state index in [9.17, 15) is 14.9 Å². The number of aryl methyl sites for hydroxylation is 1. The molecule has 0 aliphatic carbocycles. The summed E-state index contributed by atoms with van der Waals surface area (Å²) in [6.45, 7) is 4.27. The van der Waals surface area contributed by atoms with Crippen molar-refractivity contribution in [3.05, 3.63) is 67.8 Å². The van der Waals surface area contributed by atoms with E-state index in [1.165, 1.54) is 6.07 Å². The number of hydrogen-bond donors (Lipinski definition) is 2. The first-order valence-electron chi connectivity index (χ1n) is 8.42. The van der Waals surface area contributed by atoms with E-state index in [4.69, 9.17) is 0 Å². The molecule has 0 atom stereocenters. The molecule has 0 fully saturated rings. The standard InChI is InChI=1S/C18H19N5O3/c1-3-11-13(18(24)22-21-14(11)4-2)10-20-15-7-8-16(23(25)26)12-6-5-9-19-17(12)15/h5-9,20H,3-4,10H2,1-2H3,(H,22,24). The molecule has 0 unspecified atom stereocenters. The predicted octanol–water partition coefficient (Wildman–Crippen LogP) is 2.96. The second kappa shape index (κ2) is 7.30. The van der Waals surface area contributed by atoms with Crippen molar-refractivity contribution in [3.63, 3.8) is 0 Å². The summed E-state index contributed by atoms with van der Waals surface area (Å²) in [7, 11) is 0. The van der Waals surface area contributed by atoms with Gasteiger partial charge in [0.25, 0.3) is 11.2 Å². The topological polar surface area (TPSA) is 114 Å². The summed E-state index contributed by atoms with van der Waals surface area (Å²) in [6, 6.07) is 6.39. The van der Waals surface area contributed by atoms with Crippen LogP contribution in [0.2, 0.25) is 0 Å². The Hall–Kier alpha value is -3.29. The number of anilines is 1. The SMILES string of the molecule is CCc1n[nH]c(=O)c(CNc2ccc([N+](=O)[O-])c3cccnc23)c1CC. The number of nitrogens with zero attached hydrogens (tertiary/aromatic N) is 3. The fraction of sp³-hybridized carbons (Fsp3) is 0.278. The lowest BCUT2D eigenvalue weighted by molar-refractivity contribution is -0.383. The summed E-state index contributed by atoms with van der Waals surface area (Å²) in [5.41, 5.74) is 3.34. The fourth-order valence-corrected chi connectivity index (χ4v) is 3.10. The van der Waals surface area contributed by atoms with Crippen molar-refractivity contribution in [1.29, 1.82) is 0 Å². The van der Waals surface area contributed by atoms with Crippen molar-refractivity contribution in [3.8, 4) is 0 Å². The molecule has 2 N–H and O–H groups in total. The maximum absolute atomic E-state index is 12.2. The van der Waals surface area contributed by atoms with Gasteiger partial charge in [0, 0.05) is 24.4 Å². The molecule has 2 aromatic heterocycles. The third-order valence-electron chi connectivity index (χ3n) is 4.37. The monoisotopic (exact) mass is 353 g/mol. The molecular weight excluding hydrogens is 334 g/mol. The minimum absolute atomic E-state index is 0.00271. The maximum Gasteiger partial charge on any atom is 0.278 e. The van der Waals surface area contributed by atoms with E-state index in [0.29, 0.717) is 28.6 Å². The van der Waals surface area contributed by atoms with Crippen molar-refractivity contribution < 1.29 is 4.92 Å². The number of hydrogen-bond acceptors (Lipinski definition) is 6. The highest BCUT2D eigenvalue weighted by Crippen LogP contribution is 2.30. The lowest BCUT2D eigenvalue weighted by Gasteiger charge is -2.13. The number of rotatable bonds is 6. The van der Waals surface area contributed by atoms with Crippen molar-refractivity contribution in [2.45, 2.75) is 33.2 Å². The van der Waals surface area contributed by atoms with Gasteiger partial charge in [0.2, 0.25) is 0 Å². The third kappa shape index (κ3) is 3.13. The van der Waals surface area contributed by atoms with Gasteiger partial charge in [-0.2, -0.15) is 5.10 Å². The van der Waals surface area contributed by atoms with Crippen LogP contribution in [0.25, 0.3) is 10.9 Å². The van der Waals surface area contributed by atoms with Gasteiger partial charge in [-0.25, -0.2) is 5.10 Å². The van der Waals surface area contributed by atoms with Crippen LogP contribution >= 0.6 is 0 Å². The van der Waals surface area contributed by atoms with Gasteiger partial charge < -0.3 is 5.32 Å². The van der Waals surface area contributed by atoms with E-state index >= 15 is 0 Å². The van der Waals surface area contributed by atoms with E-state index in [1.54, 1.807) is 24.4 Å². The number of H-pyrrole nitrogens is 1. The molecule has 0 aliphatic heterocycles. The molecular formula is C18H19N5O3. The molecule has 8 nitrogen and oxygen atoms in total. The van der Waals surface area contributed by atoms with Crippen LogP contribution in [0.3, 0.4) is 0 Å². The second-order valence-corrected chi connectivity index (χ2v) is 5.81. The van der Waals surface area contributed by atoms with E-state index in [-0.39, 0.29) is 17.8 Å². The molecule has 0 aliphatic rings. The minimum Gasteiger partial charge on any atom is -0.379 e. The van der Waals surface area contributed by atoms with Crippen LogP contribution in [-0.2, 0) is 19.4 Å². The fourth-order valence-electron chi connectivity index (χ4n) is 3.10. The Morgan fingerprint density at radius 1 is 1.19 bits per heavy atom. The van der Waals surface area contributed by atoms with Gasteiger partial charge in [0.1, 0.15) is 5.52 Å². The summed E-state index contributed by atoms with van der Waals surface area (Å²) in [4.78, 5) is 27.3. The van der Waals surface area contributed by atoms with E-state index in [1.807, 2.05) is 13.8 Å². The molecule has 0 spiro atoms. The van der Waals surface area contributed by atoms with Crippen LogP contribution in [0, 0.1) is 10.1 Å². The number of pyridine rings is 1. The summed E-state index contributed by atoms with van der Waals surface area (Å²) < 4.78 is 0. The molecule has 1 aromatic carbocycles. The normalized spacial score (nSPS) is 10.8. The van der Waals surface area contributed by atoms with Crippen LogP contribution < -0.4 is 10.9 Å². The number of nitrogens with one attached hydrogen (secondary N) is 2. The Morgan fingerprint density at radius 2 is 2.00 bits per heavy atom. The zero-order valence-electron chi connectivity index (χ0n) is 14.6. The predicted molar refractivity (Wildman–Crippen MR) is 99.3 cm³/mol. The van der Waals surface area contributed by atoms with Crippen molar-refractivity contribution in [1.82, 2.24) is 15.2 Å². The largest absolute Gasteiger partial charge is 0.379 e. The summed E-state index contributed by atoms with van der Waals surface area (Å²) in [6.07, 6.45) is 3.02. The summed E-state index contributed by atoms with van der Waals surface area (Å²) >= 11 is 0. The molecule has 2 heterocycles. The number of nitro groups is 1. The smallest absolute Gasteiger partial charge is 0.278 e. The highest BCUT2D eigenvalue weighted by Gasteiger charge is 2.16. The lowest BCUT2D eigenvalue weighted by atomic mass is 10.0. The number of fused-ring (bicyclic) bond motifs is 1. The first-order valence-corrected chi connectivity index (χ1v) is 8.42. The minimum atomic E-state index is -0.427. The first kappa shape index (κ1) is 17.5. The van der Waals surface area contributed by atoms with Gasteiger partial charge in [-0.1, -0.05) is 13.8 Å². The van der Waals surface area contributed by atoms with Crippen LogP contribution in [0.1, 0.15) is 30.7 Å². The van der Waals surface area contributed by atoms with E-state index < -0.39 is 4.92 Å². The van der Waals surface area contributed by atoms with Crippen LogP contribution in [-0.4, -0.2) is 20.1 Å². The molecule has 0 radical (unpaired) electrons. The number of aromatic amines is 1. The molecule has 3 aromatic rings. The van der Waals surface area contributed by atoms with Gasteiger partial charge in [-0.3, -0.25) is 19.9 Å². The number of nitro benzene ring substituents is 1. The Labute approximate surface area is 149 Å². The number of aromatic nitrogens is 3. The van der Waals surface area contributed by atoms with Gasteiger partial charge >= 0.3 is 0 Å². The zero-order valence-corrected chi connectivity index (χ0v) is 14.6. The molecule has 26 heavy (non-hydrogen) atoms. The van der Waals surface area contributed by atoms with Gasteiger partial charge in [0.15, 0.2) is 0 Å². The highest BCUT2D eigenvalue weighted by molar-refractivity contribution is 5.96. The van der Waals surface area contributed by atoms with Crippen LogP contribution in [0.5, 0.6) is 0 Å². The molecule has 0 saturated carbocycles. The Bertz CT molecular complexity index is 1030. The molecule has 0 amide bonds. The molecule has 8 heteroatoms. The lowest BCUT2D eigenvalue weighted by Crippen LogP contribution is -2.22. The van der Waals surface area contributed by atoms with Gasteiger partial charge in [-0.05, 0) is 36.6 Å². The van der Waals surface area contributed by atoms with Crippen molar-refractivity contribution >= 4 is 22.3 Å². The van der Waals surface area contributed by atoms with E-state index in [2.05, 4.69) is 20.5 Å². The van der Waals surface area contributed by atoms with Gasteiger partial charge in [-0.15, -0.1) is 0 Å². The molecule has 0 bridgehead atoms. The third-order valence-corrected chi connectivity index (χ3v) is 4.37. The average Bonchev–Trinajstić information content (AvgIpc) is 2.66. The molecule has 3 rings (SSSR count). The van der Waals surface area contributed by atoms with Crippen LogP contribution in [0.15, 0.2) is 35.3 Å². The zero-order chi connectivity index (χ0) is 18.7. The number of non-ortho nitro benzene ring substituents is 1. The Balaban J connectivity index is 2.01. The first-order chi connectivity index (χ1) is 12.6. The van der Waals surface area contributed by atoms with Crippen molar-refractivity contribution in [2.24, 2.45) is 0 Å². The van der Waals surface area contributed by atoms with E-state index in [0.717, 1.165) is 17.7 Å². The summed E-state index contributed by atoms with van der Waals surface area (Å²) in [5, 5.41) is 21.5. The Kier molecular flexibility index (Phi) is 4.92. The highest BCUT2D eigenvalue weighted by atomic mass is 16.6. The maximum atomic E-state index is 12.2. The number of benzene rings is 1.